The molecule has 1 fully saturated rings. The SMILES string of the molecule is CCCN(C)c1cc(-n2cccc(C)c2=O)c(C)cc1N1C[C@H](CNC(=O)c2ccc(Cl)s2)OC1=O. The van der Waals surface area contributed by atoms with Crippen LogP contribution in [-0.2, 0) is 4.74 Å². The van der Waals surface area contributed by atoms with Crippen LogP contribution < -0.4 is 20.7 Å². The Balaban J connectivity index is 1.61. The zero-order valence-electron chi connectivity index (χ0n) is 20.7. The number of thiophene rings is 1. The molecule has 3 heterocycles. The van der Waals surface area contributed by atoms with Gasteiger partial charge < -0.3 is 15.0 Å². The van der Waals surface area contributed by atoms with Crippen molar-refractivity contribution in [2.24, 2.45) is 0 Å². The summed E-state index contributed by atoms with van der Waals surface area (Å²) in [6.07, 6.45) is 1.69. The summed E-state index contributed by atoms with van der Waals surface area (Å²) < 4.78 is 7.75. The molecule has 0 bridgehead atoms. The van der Waals surface area contributed by atoms with E-state index in [2.05, 4.69) is 17.1 Å². The second-order valence-electron chi connectivity index (χ2n) is 8.85. The Kier molecular flexibility index (Phi) is 7.70. The van der Waals surface area contributed by atoms with Crippen molar-refractivity contribution < 1.29 is 14.3 Å². The molecule has 4 rings (SSSR count). The van der Waals surface area contributed by atoms with Crippen LogP contribution in [0.25, 0.3) is 5.69 Å². The van der Waals surface area contributed by atoms with Crippen LogP contribution in [0.3, 0.4) is 0 Å². The molecular formula is C26H29ClN4O4S. The van der Waals surface area contributed by atoms with E-state index in [4.69, 9.17) is 16.3 Å². The highest BCUT2D eigenvalue weighted by Crippen LogP contribution is 2.36. The van der Waals surface area contributed by atoms with Crippen molar-refractivity contribution in [3.05, 3.63) is 73.3 Å². The Bertz CT molecular complexity index is 1350. The number of ether oxygens (including phenoxy) is 1. The van der Waals surface area contributed by atoms with Crippen molar-refractivity contribution in [1.82, 2.24) is 9.88 Å². The summed E-state index contributed by atoms with van der Waals surface area (Å²) in [5.74, 6) is -0.256. The van der Waals surface area contributed by atoms with Crippen LogP contribution in [-0.4, -0.2) is 49.4 Å². The maximum Gasteiger partial charge on any atom is 0.414 e. The lowest BCUT2D eigenvalue weighted by Gasteiger charge is -2.27. The molecule has 1 aliphatic rings. The fourth-order valence-electron chi connectivity index (χ4n) is 4.25. The van der Waals surface area contributed by atoms with E-state index in [1.54, 1.807) is 40.8 Å². The lowest BCUT2D eigenvalue weighted by atomic mass is 10.1. The van der Waals surface area contributed by atoms with Gasteiger partial charge in [0.2, 0.25) is 0 Å². The monoisotopic (exact) mass is 528 g/mol. The molecule has 0 spiro atoms. The minimum absolute atomic E-state index is 0.0825. The first-order valence-corrected chi connectivity index (χ1v) is 12.9. The Morgan fingerprint density at radius 2 is 1.97 bits per heavy atom. The molecular weight excluding hydrogens is 500 g/mol. The van der Waals surface area contributed by atoms with E-state index >= 15 is 0 Å². The first-order chi connectivity index (χ1) is 17.2. The summed E-state index contributed by atoms with van der Waals surface area (Å²) in [5.41, 5.74) is 3.71. The fourth-order valence-corrected chi connectivity index (χ4v) is 5.21. The van der Waals surface area contributed by atoms with E-state index in [0.29, 0.717) is 27.0 Å². The molecule has 36 heavy (non-hydrogen) atoms. The Hall–Kier alpha value is -3.30. The van der Waals surface area contributed by atoms with Gasteiger partial charge in [-0.2, -0.15) is 0 Å². The molecule has 1 aliphatic heterocycles. The van der Waals surface area contributed by atoms with Gasteiger partial charge in [-0.1, -0.05) is 24.6 Å². The van der Waals surface area contributed by atoms with Gasteiger partial charge in [-0.3, -0.25) is 19.1 Å². The predicted octanol–water partition coefficient (Wildman–Crippen LogP) is 4.77. The number of cyclic esters (lactones) is 1. The molecule has 1 atom stereocenters. The number of nitrogens with one attached hydrogen (secondary N) is 1. The minimum atomic E-state index is -0.499. The first-order valence-electron chi connectivity index (χ1n) is 11.8. The minimum Gasteiger partial charge on any atom is -0.442 e. The van der Waals surface area contributed by atoms with Gasteiger partial charge in [0, 0.05) is 25.4 Å². The van der Waals surface area contributed by atoms with Crippen molar-refractivity contribution >= 4 is 46.3 Å². The number of carbonyl (C=O) groups is 2. The quantitative estimate of drug-likeness (QED) is 0.455. The van der Waals surface area contributed by atoms with E-state index in [-0.39, 0.29) is 18.0 Å². The number of pyridine rings is 1. The van der Waals surface area contributed by atoms with Crippen molar-refractivity contribution in [2.45, 2.75) is 33.3 Å². The van der Waals surface area contributed by atoms with Crippen LogP contribution >= 0.6 is 22.9 Å². The van der Waals surface area contributed by atoms with Crippen molar-refractivity contribution in [1.29, 1.82) is 0 Å². The third-order valence-electron chi connectivity index (χ3n) is 6.11. The van der Waals surface area contributed by atoms with Crippen LogP contribution in [0, 0.1) is 13.8 Å². The molecule has 2 aromatic heterocycles. The number of nitrogens with zero attached hydrogens (tertiary/aromatic N) is 3. The molecule has 1 N–H and O–H groups in total. The second kappa shape index (κ2) is 10.8. The topological polar surface area (TPSA) is 83.9 Å². The third kappa shape index (κ3) is 5.27. The largest absolute Gasteiger partial charge is 0.442 e. The Morgan fingerprint density at radius 3 is 2.67 bits per heavy atom. The molecule has 0 saturated carbocycles. The van der Waals surface area contributed by atoms with E-state index in [1.165, 1.54) is 11.3 Å². The molecule has 190 valence electrons. The Morgan fingerprint density at radius 1 is 1.19 bits per heavy atom. The molecule has 0 aliphatic carbocycles. The number of amides is 2. The molecule has 1 saturated heterocycles. The molecule has 0 unspecified atom stereocenters. The summed E-state index contributed by atoms with van der Waals surface area (Å²) in [6, 6.07) is 10.8. The highest BCUT2D eigenvalue weighted by atomic mass is 35.5. The number of aromatic nitrogens is 1. The van der Waals surface area contributed by atoms with Crippen molar-refractivity contribution in [3.63, 3.8) is 0 Å². The molecule has 2 amide bonds. The summed E-state index contributed by atoms with van der Waals surface area (Å²) >= 11 is 7.11. The lowest BCUT2D eigenvalue weighted by Crippen LogP contribution is -2.34. The van der Waals surface area contributed by atoms with Crippen molar-refractivity contribution in [3.8, 4) is 5.69 Å². The molecule has 3 aromatic rings. The first kappa shape index (κ1) is 25.8. The Labute approximate surface area is 219 Å². The number of hydrogen-bond acceptors (Lipinski definition) is 6. The normalized spacial score (nSPS) is 15.2. The molecule has 8 nitrogen and oxygen atoms in total. The van der Waals surface area contributed by atoms with E-state index in [0.717, 1.165) is 29.9 Å². The smallest absolute Gasteiger partial charge is 0.414 e. The van der Waals surface area contributed by atoms with Gasteiger partial charge in [0.05, 0.1) is 39.4 Å². The highest BCUT2D eigenvalue weighted by molar-refractivity contribution is 7.18. The maximum absolute atomic E-state index is 12.9. The summed E-state index contributed by atoms with van der Waals surface area (Å²) in [5, 5.41) is 2.82. The predicted molar refractivity (Wildman–Crippen MR) is 144 cm³/mol. The van der Waals surface area contributed by atoms with Gasteiger partial charge >= 0.3 is 6.09 Å². The van der Waals surface area contributed by atoms with Crippen LogP contribution in [0.4, 0.5) is 16.2 Å². The van der Waals surface area contributed by atoms with Gasteiger partial charge in [0.1, 0.15) is 6.10 Å². The van der Waals surface area contributed by atoms with Crippen molar-refractivity contribution in [2.75, 3.05) is 36.5 Å². The number of rotatable bonds is 8. The number of carbonyl (C=O) groups excluding carboxylic acids is 2. The average Bonchev–Trinajstić information content (AvgIpc) is 3.44. The number of aryl methyl sites for hydroxylation is 2. The maximum atomic E-state index is 12.9. The molecule has 10 heteroatoms. The number of halogens is 1. The van der Waals surface area contributed by atoms with Gasteiger partial charge in [-0.05, 0) is 56.2 Å². The lowest BCUT2D eigenvalue weighted by molar-refractivity contribution is 0.0920. The zero-order chi connectivity index (χ0) is 26.0. The second-order valence-corrected chi connectivity index (χ2v) is 10.6. The summed E-state index contributed by atoms with van der Waals surface area (Å²) in [4.78, 5) is 42.3. The van der Waals surface area contributed by atoms with Gasteiger partial charge in [-0.25, -0.2) is 4.79 Å². The van der Waals surface area contributed by atoms with Crippen LogP contribution in [0.2, 0.25) is 4.34 Å². The van der Waals surface area contributed by atoms with E-state index in [1.807, 2.05) is 32.2 Å². The number of anilines is 2. The molecule has 0 radical (unpaired) electrons. The fraction of sp³-hybridized carbons (Fsp3) is 0.346. The van der Waals surface area contributed by atoms with E-state index < -0.39 is 12.2 Å². The van der Waals surface area contributed by atoms with Gasteiger partial charge in [0.25, 0.3) is 11.5 Å². The summed E-state index contributed by atoms with van der Waals surface area (Å²) in [6.45, 7) is 7.04. The van der Waals surface area contributed by atoms with Crippen LogP contribution in [0.15, 0.2) is 47.4 Å². The summed E-state index contributed by atoms with van der Waals surface area (Å²) in [7, 11) is 1.96. The van der Waals surface area contributed by atoms with E-state index in [9.17, 15) is 14.4 Å². The standard InChI is InChI=1S/C26H29ClN4O4S/c1-5-10-29(4)20-13-19(30-11-6-7-16(2)25(30)33)17(3)12-21(20)31-15-18(35-26(31)34)14-28-24(32)22-8-9-23(27)36-22/h6-9,11-13,18H,5,10,14-15H2,1-4H3,(H,28,32)/t18-/m0/s1. The zero-order valence-corrected chi connectivity index (χ0v) is 22.3. The average molecular weight is 529 g/mol. The van der Waals surface area contributed by atoms with Crippen LogP contribution in [0.5, 0.6) is 0 Å². The van der Waals surface area contributed by atoms with Gasteiger partial charge in [0.15, 0.2) is 0 Å². The highest BCUT2D eigenvalue weighted by Gasteiger charge is 2.35. The van der Waals surface area contributed by atoms with Gasteiger partial charge in [-0.15, -0.1) is 11.3 Å². The third-order valence-corrected chi connectivity index (χ3v) is 7.34. The molecule has 1 aromatic carbocycles. The number of hydrogen-bond donors (Lipinski definition) is 1. The number of benzene rings is 1. The van der Waals surface area contributed by atoms with Crippen LogP contribution in [0.1, 0.15) is 34.1 Å².